The molecule has 1 atom stereocenters. The molecule has 1 aromatic rings. The highest BCUT2D eigenvalue weighted by molar-refractivity contribution is 5.44. The van der Waals surface area contributed by atoms with Gasteiger partial charge in [0.2, 0.25) is 0 Å². The molecule has 19 heavy (non-hydrogen) atoms. The maximum absolute atomic E-state index is 5.65. The van der Waals surface area contributed by atoms with Crippen molar-refractivity contribution in [2.75, 3.05) is 20.3 Å². The molecule has 1 N–H and O–H groups in total. The minimum Gasteiger partial charge on any atom is -0.486 e. The van der Waals surface area contributed by atoms with E-state index in [4.69, 9.17) is 9.47 Å². The van der Waals surface area contributed by atoms with Crippen molar-refractivity contribution in [1.29, 1.82) is 0 Å². The smallest absolute Gasteiger partial charge is 0.161 e. The van der Waals surface area contributed by atoms with Crippen molar-refractivity contribution in [3.8, 4) is 11.5 Å². The Kier molecular flexibility index (Phi) is 5.52. The Bertz CT molecular complexity index is 392. The lowest BCUT2D eigenvalue weighted by atomic mass is 9.99. The van der Waals surface area contributed by atoms with Crippen LogP contribution in [0.3, 0.4) is 0 Å². The van der Waals surface area contributed by atoms with Gasteiger partial charge in [-0.15, -0.1) is 0 Å². The minimum atomic E-state index is 0.410. The van der Waals surface area contributed by atoms with Gasteiger partial charge in [-0.25, -0.2) is 0 Å². The highest BCUT2D eigenvalue weighted by Crippen LogP contribution is 2.33. The van der Waals surface area contributed by atoms with Gasteiger partial charge in [-0.2, -0.15) is 0 Å². The molecule has 1 heterocycles. The van der Waals surface area contributed by atoms with Gasteiger partial charge in [0.1, 0.15) is 13.2 Å². The fraction of sp³-hybridized carbons (Fsp3) is 0.625. The van der Waals surface area contributed by atoms with Gasteiger partial charge < -0.3 is 14.8 Å². The Labute approximate surface area is 116 Å². The molecule has 1 aromatic carbocycles. The van der Waals surface area contributed by atoms with Gasteiger partial charge in [-0.1, -0.05) is 38.7 Å². The largest absolute Gasteiger partial charge is 0.486 e. The second kappa shape index (κ2) is 7.39. The summed E-state index contributed by atoms with van der Waals surface area (Å²) in [7, 11) is 2.03. The van der Waals surface area contributed by atoms with Gasteiger partial charge >= 0.3 is 0 Å². The average molecular weight is 263 g/mol. The standard InChI is InChI=1S/C16H25NO2/c1-3-4-5-6-7-14(17-2)13-8-9-15-16(12-13)19-11-10-18-15/h8-9,12,14,17H,3-7,10-11H2,1-2H3. The van der Waals surface area contributed by atoms with E-state index in [-0.39, 0.29) is 0 Å². The molecule has 3 heteroatoms. The molecule has 0 radical (unpaired) electrons. The average Bonchev–Trinajstić information content (AvgIpc) is 2.47. The summed E-state index contributed by atoms with van der Waals surface area (Å²) in [5.74, 6) is 1.76. The molecular weight excluding hydrogens is 238 g/mol. The van der Waals surface area contributed by atoms with E-state index in [0.717, 1.165) is 11.5 Å². The van der Waals surface area contributed by atoms with Crippen LogP contribution in [0.5, 0.6) is 11.5 Å². The van der Waals surface area contributed by atoms with E-state index < -0.39 is 0 Å². The molecule has 0 fully saturated rings. The van der Waals surface area contributed by atoms with Crippen LogP contribution in [-0.2, 0) is 0 Å². The van der Waals surface area contributed by atoms with Gasteiger partial charge in [0.25, 0.3) is 0 Å². The Hall–Kier alpha value is -1.22. The van der Waals surface area contributed by atoms with Crippen LogP contribution >= 0.6 is 0 Å². The summed E-state index contributed by atoms with van der Waals surface area (Å²) < 4.78 is 11.2. The number of hydrogen-bond donors (Lipinski definition) is 1. The summed E-state index contributed by atoms with van der Waals surface area (Å²) in [6, 6.07) is 6.71. The van der Waals surface area contributed by atoms with Gasteiger partial charge in [0.05, 0.1) is 0 Å². The van der Waals surface area contributed by atoms with Gasteiger partial charge in [-0.05, 0) is 31.2 Å². The molecule has 1 unspecified atom stereocenters. The van der Waals surface area contributed by atoms with E-state index in [9.17, 15) is 0 Å². The molecule has 106 valence electrons. The Balaban J connectivity index is 1.97. The van der Waals surface area contributed by atoms with E-state index in [1.165, 1.54) is 37.7 Å². The summed E-state index contributed by atoms with van der Waals surface area (Å²) in [6.07, 6.45) is 6.38. The first-order valence-corrected chi connectivity index (χ1v) is 7.42. The molecule has 0 bridgehead atoms. The first kappa shape index (κ1) is 14.2. The van der Waals surface area contributed by atoms with E-state index in [2.05, 4.69) is 24.4 Å². The summed E-state index contributed by atoms with van der Waals surface area (Å²) in [5, 5.41) is 3.41. The fourth-order valence-corrected chi connectivity index (χ4v) is 2.53. The third-order valence-corrected chi connectivity index (χ3v) is 3.66. The highest BCUT2D eigenvalue weighted by Gasteiger charge is 2.15. The van der Waals surface area contributed by atoms with E-state index in [0.29, 0.717) is 19.3 Å². The lowest BCUT2D eigenvalue weighted by Crippen LogP contribution is -2.18. The topological polar surface area (TPSA) is 30.5 Å². The van der Waals surface area contributed by atoms with Crippen LogP contribution in [0.25, 0.3) is 0 Å². The van der Waals surface area contributed by atoms with Crippen LogP contribution < -0.4 is 14.8 Å². The number of rotatable bonds is 7. The lowest BCUT2D eigenvalue weighted by molar-refractivity contribution is 0.171. The number of fused-ring (bicyclic) bond motifs is 1. The van der Waals surface area contributed by atoms with Gasteiger partial charge in [-0.3, -0.25) is 0 Å². The number of nitrogens with one attached hydrogen (secondary N) is 1. The van der Waals surface area contributed by atoms with E-state index >= 15 is 0 Å². The second-order valence-corrected chi connectivity index (χ2v) is 5.09. The summed E-state index contributed by atoms with van der Waals surface area (Å²) in [4.78, 5) is 0. The Morgan fingerprint density at radius 1 is 1.11 bits per heavy atom. The molecular formula is C16H25NO2. The zero-order valence-corrected chi connectivity index (χ0v) is 12.1. The van der Waals surface area contributed by atoms with Crippen LogP contribution in [0.2, 0.25) is 0 Å². The maximum atomic E-state index is 5.65. The fourth-order valence-electron chi connectivity index (χ4n) is 2.53. The normalized spacial score (nSPS) is 15.3. The van der Waals surface area contributed by atoms with Crippen LogP contribution in [0, 0.1) is 0 Å². The molecule has 0 saturated heterocycles. The predicted molar refractivity (Wildman–Crippen MR) is 78.0 cm³/mol. The van der Waals surface area contributed by atoms with Crippen molar-refractivity contribution < 1.29 is 9.47 Å². The number of ether oxygens (including phenoxy) is 2. The third kappa shape index (κ3) is 3.87. The maximum Gasteiger partial charge on any atom is 0.161 e. The Morgan fingerprint density at radius 2 is 1.89 bits per heavy atom. The van der Waals surface area contributed by atoms with Crippen molar-refractivity contribution in [3.63, 3.8) is 0 Å². The molecule has 1 aliphatic heterocycles. The highest BCUT2D eigenvalue weighted by atomic mass is 16.6. The predicted octanol–water partition coefficient (Wildman–Crippen LogP) is 3.69. The molecule has 0 amide bonds. The number of unbranched alkanes of at least 4 members (excludes halogenated alkanes) is 3. The van der Waals surface area contributed by atoms with E-state index in [1.54, 1.807) is 0 Å². The van der Waals surface area contributed by atoms with Crippen molar-refractivity contribution in [2.45, 2.75) is 45.1 Å². The molecule has 2 rings (SSSR count). The zero-order chi connectivity index (χ0) is 13.5. The second-order valence-electron chi connectivity index (χ2n) is 5.09. The minimum absolute atomic E-state index is 0.410. The van der Waals surface area contributed by atoms with Crippen molar-refractivity contribution >= 4 is 0 Å². The molecule has 0 spiro atoms. The van der Waals surface area contributed by atoms with Crippen LogP contribution in [0.15, 0.2) is 18.2 Å². The summed E-state index contributed by atoms with van der Waals surface area (Å²) in [6.45, 7) is 3.55. The van der Waals surface area contributed by atoms with Crippen LogP contribution in [0.1, 0.15) is 50.6 Å². The first-order chi connectivity index (χ1) is 9.35. The Morgan fingerprint density at radius 3 is 2.63 bits per heavy atom. The number of hydrogen-bond acceptors (Lipinski definition) is 3. The molecule has 0 saturated carbocycles. The zero-order valence-electron chi connectivity index (χ0n) is 12.1. The third-order valence-electron chi connectivity index (χ3n) is 3.66. The monoisotopic (exact) mass is 263 g/mol. The van der Waals surface area contributed by atoms with Crippen molar-refractivity contribution in [3.05, 3.63) is 23.8 Å². The van der Waals surface area contributed by atoms with Crippen molar-refractivity contribution in [2.24, 2.45) is 0 Å². The van der Waals surface area contributed by atoms with Crippen molar-refractivity contribution in [1.82, 2.24) is 5.32 Å². The summed E-state index contributed by atoms with van der Waals surface area (Å²) >= 11 is 0. The van der Waals surface area contributed by atoms with E-state index in [1.807, 2.05) is 13.1 Å². The van der Waals surface area contributed by atoms with Gasteiger partial charge in [0.15, 0.2) is 11.5 Å². The lowest BCUT2D eigenvalue weighted by Gasteiger charge is -2.22. The molecule has 0 aromatic heterocycles. The SMILES string of the molecule is CCCCCCC(NC)c1ccc2c(c1)OCCO2. The molecule has 1 aliphatic rings. The first-order valence-electron chi connectivity index (χ1n) is 7.42. The molecule has 0 aliphatic carbocycles. The quantitative estimate of drug-likeness (QED) is 0.761. The summed E-state index contributed by atoms with van der Waals surface area (Å²) in [5.41, 5.74) is 1.29. The number of benzene rings is 1. The molecule has 3 nitrogen and oxygen atoms in total. The van der Waals surface area contributed by atoms with Crippen LogP contribution in [-0.4, -0.2) is 20.3 Å². The van der Waals surface area contributed by atoms with Gasteiger partial charge in [0, 0.05) is 6.04 Å². The van der Waals surface area contributed by atoms with Crippen LogP contribution in [0.4, 0.5) is 0 Å².